The van der Waals surface area contributed by atoms with Crippen LogP contribution in [0.1, 0.15) is 30.0 Å². The zero-order valence-electron chi connectivity index (χ0n) is 18.1. The molecule has 1 fully saturated rings. The number of nitrogens with zero attached hydrogens (tertiary/aromatic N) is 2. The van der Waals surface area contributed by atoms with E-state index < -0.39 is 5.92 Å². The number of benzene rings is 2. The lowest BCUT2D eigenvalue weighted by Crippen LogP contribution is -2.39. The second kappa shape index (κ2) is 9.11. The van der Waals surface area contributed by atoms with Crippen LogP contribution in [0, 0.1) is 19.8 Å². The summed E-state index contributed by atoms with van der Waals surface area (Å²) in [7, 11) is 1.61. The normalized spacial score (nSPS) is 15.9. The third-order valence-corrected chi connectivity index (χ3v) is 5.56. The number of rotatable bonds is 6. The smallest absolute Gasteiger partial charge is 0.243 e. The van der Waals surface area contributed by atoms with Gasteiger partial charge in [-0.25, -0.2) is 0 Å². The summed E-state index contributed by atoms with van der Waals surface area (Å²) >= 11 is 0. The lowest BCUT2D eigenvalue weighted by atomic mass is 10.1. The topological polar surface area (TPSA) is 69.7 Å². The fourth-order valence-electron chi connectivity index (χ4n) is 3.84. The number of amides is 3. The molecule has 3 rings (SSSR count). The Hall–Kier alpha value is -3.15. The molecule has 1 aliphatic heterocycles. The molecule has 1 heterocycles. The summed E-state index contributed by atoms with van der Waals surface area (Å²) in [5.41, 5.74) is 4.72. The van der Waals surface area contributed by atoms with Crippen LogP contribution in [0.5, 0.6) is 0 Å². The first kappa shape index (κ1) is 21.6. The van der Waals surface area contributed by atoms with Crippen molar-refractivity contribution in [2.75, 3.05) is 30.4 Å². The van der Waals surface area contributed by atoms with Crippen LogP contribution >= 0.6 is 0 Å². The molecule has 1 N–H and O–H groups in total. The number of nitrogens with one attached hydrogen (secondary N) is 1. The van der Waals surface area contributed by atoms with Crippen LogP contribution in [0.25, 0.3) is 0 Å². The van der Waals surface area contributed by atoms with Crippen LogP contribution in [0.15, 0.2) is 42.5 Å². The van der Waals surface area contributed by atoms with E-state index in [0.29, 0.717) is 6.54 Å². The van der Waals surface area contributed by atoms with E-state index in [1.54, 1.807) is 11.9 Å². The van der Waals surface area contributed by atoms with E-state index in [-0.39, 0.29) is 30.7 Å². The van der Waals surface area contributed by atoms with Crippen molar-refractivity contribution in [3.05, 3.63) is 59.2 Å². The zero-order chi connectivity index (χ0) is 21.8. The van der Waals surface area contributed by atoms with Gasteiger partial charge in [0.2, 0.25) is 17.7 Å². The average Bonchev–Trinajstić information content (AvgIpc) is 3.11. The maximum absolute atomic E-state index is 12.9. The van der Waals surface area contributed by atoms with Gasteiger partial charge in [-0.3, -0.25) is 14.4 Å². The Labute approximate surface area is 177 Å². The molecule has 2 aromatic rings. The third-order valence-electron chi connectivity index (χ3n) is 5.56. The monoisotopic (exact) mass is 407 g/mol. The number of carbonyl (C=O) groups excluding carboxylic acids is 3. The Morgan fingerprint density at radius 2 is 1.90 bits per heavy atom. The minimum Gasteiger partial charge on any atom is -0.336 e. The molecule has 1 atom stereocenters. The number of hydrogen-bond acceptors (Lipinski definition) is 3. The summed E-state index contributed by atoms with van der Waals surface area (Å²) in [6, 6.07) is 13.6. The molecular weight excluding hydrogens is 378 g/mol. The van der Waals surface area contributed by atoms with Gasteiger partial charge < -0.3 is 15.1 Å². The molecule has 0 aliphatic carbocycles. The van der Waals surface area contributed by atoms with E-state index in [4.69, 9.17) is 0 Å². The Bertz CT molecular complexity index is 970. The summed E-state index contributed by atoms with van der Waals surface area (Å²) in [5.74, 6) is -0.934. The molecule has 0 saturated carbocycles. The van der Waals surface area contributed by atoms with Crippen molar-refractivity contribution in [3.63, 3.8) is 0 Å². The molecule has 0 bridgehead atoms. The van der Waals surface area contributed by atoms with Crippen molar-refractivity contribution in [1.82, 2.24) is 4.90 Å². The SMILES string of the molecule is CCc1ccccc1N1C[C@H](C(=O)N(C)CC(=O)Nc2cc(C)ccc2C)CC1=O. The number of para-hydroxylation sites is 1. The average molecular weight is 408 g/mol. The van der Waals surface area contributed by atoms with Crippen molar-refractivity contribution in [2.45, 2.75) is 33.6 Å². The van der Waals surface area contributed by atoms with E-state index in [1.807, 2.05) is 63.2 Å². The number of hydrogen-bond donors (Lipinski definition) is 1. The van der Waals surface area contributed by atoms with Crippen molar-refractivity contribution >= 4 is 29.1 Å². The first-order chi connectivity index (χ1) is 14.3. The number of anilines is 2. The molecule has 0 unspecified atom stereocenters. The minimum absolute atomic E-state index is 0.0531. The summed E-state index contributed by atoms with van der Waals surface area (Å²) in [4.78, 5) is 41.1. The van der Waals surface area contributed by atoms with Gasteiger partial charge >= 0.3 is 0 Å². The highest BCUT2D eigenvalue weighted by molar-refractivity contribution is 6.02. The molecule has 0 spiro atoms. The van der Waals surface area contributed by atoms with Gasteiger partial charge in [0.15, 0.2) is 0 Å². The fourth-order valence-corrected chi connectivity index (χ4v) is 3.84. The maximum atomic E-state index is 12.9. The van der Waals surface area contributed by atoms with E-state index in [0.717, 1.165) is 34.5 Å². The molecule has 1 aliphatic rings. The fraction of sp³-hybridized carbons (Fsp3) is 0.375. The predicted octanol–water partition coefficient (Wildman–Crippen LogP) is 3.32. The second-order valence-electron chi connectivity index (χ2n) is 7.95. The van der Waals surface area contributed by atoms with Crippen LogP contribution in [0.2, 0.25) is 0 Å². The Morgan fingerprint density at radius 3 is 2.63 bits per heavy atom. The van der Waals surface area contributed by atoms with Gasteiger partial charge in [-0.1, -0.05) is 37.3 Å². The van der Waals surface area contributed by atoms with Crippen LogP contribution in [-0.4, -0.2) is 42.8 Å². The highest BCUT2D eigenvalue weighted by Gasteiger charge is 2.37. The molecule has 6 heteroatoms. The molecule has 30 heavy (non-hydrogen) atoms. The van der Waals surface area contributed by atoms with E-state index in [2.05, 4.69) is 5.32 Å². The second-order valence-corrected chi connectivity index (χ2v) is 7.95. The number of likely N-dealkylation sites (N-methyl/N-ethyl adjacent to an activating group) is 1. The van der Waals surface area contributed by atoms with Crippen molar-refractivity contribution in [3.8, 4) is 0 Å². The molecule has 6 nitrogen and oxygen atoms in total. The first-order valence-electron chi connectivity index (χ1n) is 10.3. The lowest BCUT2D eigenvalue weighted by molar-refractivity contribution is -0.137. The highest BCUT2D eigenvalue weighted by Crippen LogP contribution is 2.29. The van der Waals surface area contributed by atoms with Crippen molar-refractivity contribution < 1.29 is 14.4 Å². The van der Waals surface area contributed by atoms with Gasteiger partial charge in [0, 0.05) is 31.4 Å². The van der Waals surface area contributed by atoms with Crippen LogP contribution in [-0.2, 0) is 20.8 Å². The zero-order valence-corrected chi connectivity index (χ0v) is 18.1. The van der Waals surface area contributed by atoms with Crippen LogP contribution in [0.3, 0.4) is 0 Å². The summed E-state index contributed by atoms with van der Waals surface area (Å²) in [6.45, 7) is 6.23. The Balaban J connectivity index is 1.63. The molecule has 3 amide bonds. The van der Waals surface area contributed by atoms with Crippen molar-refractivity contribution in [2.24, 2.45) is 5.92 Å². The van der Waals surface area contributed by atoms with Gasteiger partial charge in [0.05, 0.1) is 12.5 Å². The first-order valence-corrected chi connectivity index (χ1v) is 10.3. The highest BCUT2D eigenvalue weighted by atomic mass is 16.2. The quantitative estimate of drug-likeness (QED) is 0.799. The maximum Gasteiger partial charge on any atom is 0.243 e. The standard InChI is InChI=1S/C24H29N3O3/c1-5-18-8-6-7-9-21(18)27-14-19(13-23(27)29)24(30)26(4)15-22(28)25-20-12-16(2)10-11-17(20)3/h6-12,19H,5,13-15H2,1-4H3,(H,25,28)/t19-/m1/s1. The predicted molar refractivity (Wildman–Crippen MR) is 118 cm³/mol. The third kappa shape index (κ3) is 4.70. The Morgan fingerprint density at radius 1 is 1.17 bits per heavy atom. The van der Waals surface area contributed by atoms with Crippen LogP contribution < -0.4 is 10.2 Å². The molecule has 158 valence electrons. The molecular formula is C24H29N3O3. The lowest BCUT2D eigenvalue weighted by Gasteiger charge is -2.22. The minimum atomic E-state index is -0.444. The van der Waals surface area contributed by atoms with Gasteiger partial charge in [-0.15, -0.1) is 0 Å². The molecule has 1 saturated heterocycles. The molecule has 0 aromatic heterocycles. The van der Waals surface area contributed by atoms with Crippen molar-refractivity contribution in [1.29, 1.82) is 0 Å². The van der Waals surface area contributed by atoms with Gasteiger partial charge in [0.1, 0.15) is 0 Å². The largest absolute Gasteiger partial charge is 0.336 e. The van der Waals surface area contributed by atoms with E-state index >= 15 is 0 Å². The molecule has 0 radical (unpaired) electrons. The Kier molecular flexibility index (Phi) is 6.55. The summed E-state index contributed by atoms with van der Waals surface area (Å²) in [5, 5.41) is 2.88. The van der Waals surface area contributed by atoms with Gasteiger partial charge in [0.25, 0.3) is 0 Å². The van der Waals surface area contributed by atoms with Crippen LogP contribution in [0.4, 0.5) is 11.4 Å². The molecule has 2 aromatic carbocycles. The summed E-state index contributed by atoms with van der Waals surface area (Å²) in [6.07, 6.45) is 0.983. The number of carbonyl (C=O) groups is 3. The van der Waals surface area contributed by atoms with Gasteiger partial charge in [-0.2, -0.15) is 0 Å². The van der Waals surface area contributed by atoms with E-state index in [9.17, 15) is 14.4 Å². The number of aryl methyl sites for hydroxylation is 3. The van der Waals surface area contributed by atoms with E-state index in [1.165, 1.54) is 4.90 Å². The van der Waals surface area contributed by atoms with Gasteiger partial charge in [-0.05, 0) is 49.1 Å². The summed E-state index contributed by atoms with van der Waals surface area (Å²) < 4.78 is 0.